The molecule has 0 aromatic heterocycles. The molecular weight excluding hydrogens is 610 g/mol. The molecule has 9 heteroatoms. The summed E-state index contributed by atoms with van der Waals surface area (Å²) < 4.78 is 5.21. The number of ether oxygens (including phenoxy) is 1. The van der Waals surface area contributed by atoms with Crippen LogP contribution in [0.1, 0.15) is 60.8 Å². The number of carbonyl (C=O) groups excluding carboxylic acids is 3. The Morgan fingerprint density at radius 3 is 2.43 bits per heavy atom. The Balaban J connectivity index is 0.00000729. The van der Waals surface area contributed by atoms with Gasteiger partial charge in [0, 0.05) is 12.6 Å². The second-order valence-corrected chi connectivity index (χ2v) is 8.34. The molecule has 28 heavy (non-hydrogen) atoms. The Labute approximate surface area is 161 Å². The number of amides is 3. The van der Waals surface area contributed by atoms with E-state index in [4.69, 9.17) is 4.74 Å². The van der Waals surface area contributed by atoms with E-state index in [1.807, 2.05) is 20.8 Å². The fraction of sp³-hybridized carbons (Fsp3) is 0.789. The van der Waals surface area contributed by atoms with Crippen molar-refractivity contribution in [3.63, 3.8) is 0 Å². The van der Waals surface area contributed by atoms with Gasteiger partial charge < -0.3 is 25.7 Å². The predicted octanol–water partition coefficient (Wildman–Crippen LogP) is 2.06. The van der Waals surface area contributed by atoms with Crippen LogP contribution < -0.4 is 10.6 Å². The van der Waals surface area contributed by atoms with Gasteiger partial charge in [-0.05, 0) is 46.0 Å². The predicted molar refractivity (Wildman–Crippen MR) is 104 cm³/mol. The topological polar surface area (TPSA) is 110 Å². The van der Waals surface area contributed by atoms with Crippen molar-refractivity contribution in [1.29, 1.82) is 0 Å². The third-order valence-electron chi connectivity index (χ3n) is 4.25. The summed E-state index contributed by atoms with van der Waals surface area (Å²) in [6.45, 7) is 11.4. The fourth-order valence-corrected chi connectivity index (χ4v) is 2.94. The molecule has 169 valence electrons. The molecule has 1 rings (SSSR count). The van der Waals surface area contributed by atoms with Crippen LogP contribution in [0.5, 0.6) is 0 Å². The first-order valence-electron chi connectivity index (χ1n) is 9.56. The summed E-state index contributed by atoms with van der Waals surface area (Å²) in [5.74, 6) is -0.389. The van der Waals surface area contributed by atoms with E-state index in [2.05, 4.69) is 10.6 Å². The normalized spacial score (nSPS) is 18.9. The Bertz CT molecular complexity index is 563. The standard InChI is InChI=1S/C19H33N4O4.Lr/c1-7-13(11-20)21-16(24)15(10-12(2)3)23-9-8-14(17(23)25)22-18(26)27-19(4,5)6;/h11-15H,7-10H2,1-6H3,(H,21,24)(H,22,26);/q-1;/t13-,14+,15-;/m0./s1. The van der Waals surface area contributed by atoms with E-state index in [1.54, 1.807) is 20.8 Å². The molecule has 0 spiro atoms. The third-order valence-corrected chi connectivity index (χ3v) is 4.25. The molecule has 1 aliphatic heterocycles. The molecule has 0 unspecified atom stereocenters. The van der Waals surface area contributed by atoms with E-state index in [0.717, 1.165) is 6.21 Å². The van der Waals surface area contributed by atoms with Gasteiger partial charge in [0.05, 0.1) is 0 Å². The van der Waals surface area contributed by atoms with Crippen LogP contribution in [-0.4, -0.2) is 59.3 Å². The van der Waals surface area contributed by atoms with Crippen LogP contribution in [0.3, 0.4) is 0 Å². The second kappa shape index (κ2) is 10.3. The van der Waals surface area contributed by atoms with Crippen LogP contribution in [0.25, 0.3) is 5.41 Å². The van der Waals surface area contributed by atoms with Crippen molar-refractivity contribution in [2.75, 3.05) is 6.54 Å². The van der Waals surface area contributed by atoms with E-state index in [9.17, 15) is 19.8 Å². The average molecular weight is 643 g/mol. The SMILES string of the molecule is CC[C@@H](C=[N-])NC(=O)[C@H](CC(C)C)N1CC[C@@H](NC(=O)OC(C)(C)C)C1=O.[Lr]. The molecule has 0 aromatic rings. The summed E-state index contributed by atoms with van der Waals surface area (Å²) in [4.78, 5) is 39.0. The maximum Gasteiger partial charge on any atom is 0.408 e. The Morgan fingerprint density at radius 2 is 1.96 bits per heavy atom. The van der Waals surface area contributed by atoms with E-state index in [-0.39, 0.29) is 17.7 Å². The van der Waals surface area contributed by atoms with Crippen LogP contribution in [0.2, 0.25) is 0 Å². The van der Waals surface area contributed by atoms with Gasteiger partial charge in [-0.3, -0.25) is 9.59 Å². The zero-order valence-corrected chi connectivity index (χ0v) is 19.7. The van der Waals surface area contributed by atoms with Gasteiger partial charge in [0.25, 0.3) is 0 Å². The number of carbonyl (C=O) groups is 3. The van der Waals surface area contributed by atoms with E-state index < -0.39 is 29.8 Å². The maximum absolute atomic E-state index is 12.8. The first-order valence-corrected chi connectivity index (χ1v) is 9.56. The van der Waals surface area contributed by atoms with E-state index in [1.165, 1.54) is 4.90 Å². The molecule has 8 nitrogen and oxygen atoms in total. The number of nitrogens with one attached hydrogen (secondary N) is 2. The molecule has 1 radical (unpaired) electrons. The second-order valence-electron chi connectivity index (χ2n) is 8.34. The van der Waals surface area contributed by atoms with Crippen LogP contribution in [0, 0.1) is 5.92 Å². The number of hydrogen-bond donors (Lipinski definition) is 2. The summed E-state index contributed by atoms with van der Waals surface area (Å²) in [6.07, 6.45) is 1.77. The smallest absolute Gasteiger partial charge is 0.408 e. The first kappa shape index (κ1) is 24.9. The molecule has 1 aliphatic rings. The molecule has 1 fully saturated rings. The molecule has 0 aromatic carbocycles. The Hall–Kier alpha value is -3.12. The molecule has 3 amide bonds. The zero-order chi connectivity index (χ0) is 20.8. The summed E-state index contributed by atoms with van der Waals surface area (Å²) >= 11 is 0. The van der Waals surface area contributed by atoms with E-state index in [0.29, 0.717) is 25.8 Å². The largest absolute Gasteiger partial charge is 0.813 e. The molecule has 1 heterocycles. The van der Waals surface area contributed by atoms with Gasteiger partial charge in [-0.15, -0.1) is 0 Å². The number of nitrogens with zero attached hydrogens (tertiary/aromatic N) is 2. The van der Waals surface area contributed by atoms with Gasteiger partial charge in [-0.25, -0.2) is 4.79 Å². The number of likely N-dealkylation sites (tertiary alicyclic amines) is 1. The average Bonchev–Trinajstić information content (AvgIpc) is 2.88. The third kappa shape index (κ3) is 7.25. The summed E-state index contributed by atoms with van der Waals surface area (Å²) in [7, 11) is 0. The fourth-order valence-electron chi connectivity index (χ4n) is 2.94. The van der Waals surface area contributed by atoms with Crippen molar-refractivity contribution in [1.82, 2.24) is 15.5 Å². The first-order chi connectivity index (χ1) is 12.5. The van der Waals surface area contributed by atoms with Crippen molar-refractivity contribution in [3.8, 4) is 0 Å². The van der Waals surface area contributed by atoms with Crippen molar-refractivity contribution in [3.05, 3.63) is 5.41 Å². The zero-order valence-electron chi connectivity index (χ0n) is 17.5. The summed E-state index contributed by atoms with van der Waals surface area (Å²) in [5, 5.41) is 14.6. The van der Waals surface area contributed by atoms with Gasteiger partial charge >= 0.3 is 6.09 Å². The van der Waals surface area contributed by atoms with Crippen LogP contribution >= 0.6 is 0 Å². The molecule has 0 bridgehead atoms. The van der Waals surface area contributed by atoms with Gasteiger partial charge in [0.1, 0.15) is 17.7 Å². The number of alkyl carbamates (subject to hydrolysis) is 1. The minimum absolute atomic E-state index is 0. The van der Waals surface area contributed by atoms with Gasteiger partial charge in [-0.1, -0.05) is 20.8 Å². The quantitative estimate of drug-likeness (QED) is 0.395. The van der Waals surface area contributed by atoms with Crippen molar-refractivity contribution < 1.29 is 19.1 Å². The minimum atomic E-state index is -0.700. The summed E-state index contributed by atoms with van der Waals surface area (Å²) in [6, 6.07) is -1.80. The Kier molecular flexibility index (Phi) is 9.13. The molecule has 3 atom stereocenters. The molecular formula is C19H33LrN4O4-. The molecule has 1 saturated heterocycles. The van der Waals surface area contributed by atoms with Crippen molar-refractivity contribution >= 4 is 24.1 Å². The van der Waals surface area contributed by atoms with Crippen molar-refractivity contribution in [2.45, 2.75) is 84.5 Å². The summed E-state index contributed by atoms with van der Waals surface area (Å²) in [5.41, 5.74) is -0.651. The maximum atomic E-state index is 12.8. The van der Waals surface area contributed by atoms with Gasteiger partial charge in [-0.2, -0.15) is 6.21 Å². The Morgan fingerprint density at radius 1 is 1.36 bits per heavy atom. The molecule has 2 N–H and O–H groups in total. The number of hydrogen-bond acceptors (Lipinski definition) is 4. The van der Waals surface area contributed by atoms with Gasteiger partial charge in [0.2, 0.25) is 11.8 Å². The van der Waals surface area contributed by atoms with Crippen LogP contribution in [0.4, 0.5) is 4.79 Å². The van der Waals surface area contributed by atoms with Gasteiger partial charge in [0.15, 0.2) is 0 Å². The van der Waals surface area contributed by atoms with Crippen molar-refractivity contribution in [2.24, 2.45) is 5.92 Å². The van der Waals surface area contributed by atoms with Crippen LogP contribution in [0.15, 0.2) is 0 Å². The minimum Gasteiger partial charge on any atom is -0.813 e. The number of rotatable bonds is 8. The monoisotopic (exact) mass is 643 g/mol. The molecule has 0 saturated carbocycles. The van der Waals surface area contributed by atoms with Crippen LogP contribution in [-0.2, 0) is 14.3 Å². The van der Waals surface area contributed by atoms with E-state index >= 15 is 0 Å². The molecule has 0 aliphatic carbocycles.